The fourth-order valence-electron chi connectivity index (χ4n) is 3.56. The van der Waals surface area contributed by atoms with Crippen molar-refractivity contribution in [2.45, 2.75) is 90.1 Å². The van der Waals surface area contributed by atoms with E-state index in [0.29, 0.717) is 12.0 Å². The molecule has 0 radical (unpaired) electrons. The van der Waals surface area contributed by atoms with Gasteiger partial charge >= 0.3 is 5.97 Å². The Bertz CT molecular complexity index is 609. The summed E-state index contributed by atoms with van der Waals surface area (Å²) >= 11 is 0. The maximum Gasteiger partial charge on any atom is 0.316 e. The molecule has 1 aromatic carbocycles. The van der Waals surface area contributed by atoms with Crippen molar-refractivity contribution in [1.82, 2.24) is 0 Å². The van der Waals surface area contributed by atoms with Crippen LogP contribution in [0.15, 0.2) is 42.5 Å². The third-order valence-corrected chi connectivity index (χ3v) is 5.44. The van der Waals surface area contributed by atoms with Gasteiger partial charge in [0.2, 0.25) is 0 Å². The van der Waals surface area contributed by atoms with E-state index in [4.69, 9.17) is 4.74 Å². The first-order chi connectivity index (χ1) is 14.6. The van der Waals surface area contributed by atoms with Crippen LogP contribution in [0.5, 0.6) is 0 Å². The van der Waals surface area contributed by atoms with E-state index in [1.54, 1.807) is 24.3 Å². The summed E-state index contributed by atoms with van der Waals surface area (Å²) in [5, 5.41) is 9.95. The number of allylic oxidation sites excluding steroid dienone is 1. The number of rotatable bonds is 17. The van der Waals surface area contributed by atoms with Gasteiger partial charge in [-0.3, -0.25) is 9.59 Å². The summed E-state index contributed by atoms with van der Waals surface area (Å²) in [6.45, 7) is 2.20. The highest BCUT2D eigenvalue weighted by atomic mass is 16.5. The van der Waals surface area contributed by atoms with E-state index in [1.807, 2.05) is 6.07 Å². The Morgan fingerprint density at radius 2 is 1.60 bits per heavy atom. The Kier molecular flexibility index (Phi) is 14.6. The molecule has 0 aromatic heterocycles. The lowest BCUT2D eigenvalue weighted by Gasteiger charge is -2.13. The van der Waals surface area contributed by atoms with Gasteiger partial charge in [0, 0.05) is 5.56 Å². The number of unbranched alkanes of at least 4 members (excludes halogenated alkanes) is 7. The van der Waals surface area contributed by atoms with Crippen LogP contribution in [-0.2, 0) is 9.53 Å². The summed E-state index contributed by atoms with van der Waals surface area (Å²) in [5.74, 6) is -1.31. The minimum absolute atomic E-state index is 0.154. The van der Waals surface area contributed by atoms with E-state index in [-0.39, 0.29) is 11.9 Å². The summed E-state index contributed by atoms with van der Waals surface area (Å²) < 4.78 is 4.84. The summed E-state index contributed by atoms with van der Waals surface area (Å²) in [6.07, 6.45) is 16.0. The second-order valence-electron chi connectivity index (χ2n) is 8.01. The minimum Gasteiger partial charge on any atom is -0.468 e. The first-order valence-corrected chi connectivity index (χ1v) is 11.6. The summed E-state index contributed by atoms with van der Waals surface area (Å²) in [6, 6.07) is 8.95. The van der Waals surface area contributed by atoms with Crippen LogP contribution < -0.4 is 0 Å². The summed E-state index contributed by atoms with van der Waals surface area (Å²) in [4.78, 5) is 24.7. The normalized spacial score (nSPS) is 13.3. The Balaban J connectivity index is 2.19. The maximum atomic E-state index is 12.6. The quantitative estimate of drug-likeness (QED) is 0.107. The lowest BCUT2D eigenvalue weighted by molar-refractivity contribution is -0.143. The molecule has 1 N–H and O–H groups in total. The van der Waals surface area contributed by atoms with Crippen LogP contribution in [0.4, 0.5) is 0 Å². The molecule has 0 aliphatic rings. The van der Waals surface area contributed by atoms with Gasteiger partial charge in [0.15, 0.2) is 5.78 Å². The monoisotopic (exact) mass is 416 g/mol. The molecule has 0 bridgehead atoms. The number of aliphatic hydroxyl groups is 1. The van der Waals surface area contributed by atoms with Gasteiger partial charge in [-0.25, -0.2) is 0 Å². The highest BCUT2D eigenvalue weighted by molar-refractivity contribution is 6.08. The number of ketones is 1. The molecule has 0 amide bonds. The van der Waals surface area contributed by atoms with Crippen LogP contribution >= 0.6 is 0 Å². The van der Waals surface area contributed by atoms with Crippen LogP contribution in [-0.4, -0.2) is 30.1 Å². The zero-order valence-electron chi connectivity index (χ0n) is 18.9. The first-order valence-electron chi connectivity index (χ1n) is 11.6. The Morgan fingerprint density at radius 3 is 2.30 bits per heavy atom. The SMILES string of the molecule is CCCCCC[C@@H](O)C/C=C\CCCCCCC(C(=O)OC)C(=O)c1ccccc1. The predicted molar refractivity (Wildman–Crippen MR) is 123 cm³/mol. The minimum atomic E-state index is -0.712. The molecule has 1 unspecified atom stereocenters. The molecular formula is C26H40O4. The van der Waals surface area contributed by atoms with E-state index in [2.05, 4.69) is 19.1 Å². The molecule has 4 heteroatoms. The van der Waals surface area contributed by atoms with E-state index in [0.717, 1.165) is 51.4 Å². The number of Topliss-reactive ketones (excluding diaryl/α,β-unsaturated/α-hetero) is 1. The number of carbonyl (C=O) groups excluding carboxylic acids is 2. The highest BCUT2D eigenvalue weighted by Gasteiger charge is 2.27. The fraction of sp³-hybridized carbons (Fsp3) is 0.615. The van der Waals surface area contributed by atoms with Gasteiger partial charge in [-0.1, -0.05) is 94.4 Å². The van der Waals surface area contributed by atoms with Gasteiger partial charge in [-0.15, -0.1) is 0 Å². The zero-order valence-corrected chi connectivity index (χ0v) is 18.9. The molecule has 2 atom stereocenters. The molecule has 1 aromatic rings. The molecular weight excluding hydrogens is 376 g/mol. The van der Waals surface area contributed by atoms with Gasteiger partial charge < -0.3 is 9.84 Å². The van der Waals surface area contributed by atoms with Gasteiger partial charge in [-0.2, -0.15) is 0 Å². The number of esters is 1. The van der Waals surface area contributed by atoms with Crippen LogP contribution in [0, 0.1) is 5.92 Å². The van der Waals surface area contributed by atoms with Gasteiger partial charge in [0.05, 0.1) is 13.2 Å². The largest absolute Gasteiger partial charge is 0.468 e. The van der Waals surface area contributed by atoms with E-state index < -0.39 is 11.9 Å². The summed E-state index contributed by atoms with van der Waals surface area (Å²) in [5.41, 5.74) is 0.561. The molecule has 0 heterocycles. The molecule has 0 spiro atoms. The number of methoxy groups -OCH3 is 1. The number of aliphatic hydroxyl groups excluding tert-OH is 1. The Labute approximate surface area is 182 Å². The third kappa shape index (κ3) is 11.3. The lowest BCUT2D eigenvalue weighted by atomic mass is 9.92. The third-order valence-electron chi connectivity index (χ3n) is 5.44. The second-order valence-corrected chi connectivity index (χ2v) is 8.01. The van der Waals surface area contributed by atoms with Crippen LogP contribution in [0.2, 0.25) is 0 Å². The Morgan fingerprint density at radius 1 is 0.933 bits per heavy atom. The van der Waals surface area contributed by atoms with E-state index in [9.17, 15) is 14.7 Å². The zero-order chi connectivity index (χ0) is 22.0. The maximum absolute atomic E-state index is 12.6. The molecule has 0 aliphatic heterocycles. The smallest absolute Gasteiger partial charge is 0.316 e. The molecule has 1 rings (SSSR count). The van der Waals surface area contributed by atoms with Crippen molar-refractivity contribution in [2.75, 3.05) is 7.11 Å². The Hall–Kier alpha value is -1.94. The van der Waals surface area contributed by atoms with Crippen molar-refractivity contribution in [3.05, 3.63) is 48.0 Å². The lowest BCUT2D eigenvalue weighted by Crippen LogP contribution is -2.25. The van der Waals surface area contributed by atoms with Crippen molar-refractivity contribution in [3.8, 4) is 0 Å². The van der Waals surface area contributed by atoms with E-state index in [1.165, 1.54) is 26.4 Å². The average molecular weight is 417 g/mol. The predicted octanol–water partition coefficient (Wildman–Crippen LogP) is 6.28. The van der Waals surface area contributed by atoms with Crippen molar-refractivity contribution >= 4 is 11.8 Å². The number of hydrogen-bond donors (Lipinski definition) is 1. The number of hydrogen-bond acceptors (Lipinski definition) is 4. The second kappa shape index (κ2) is 16.8. The molecule has 0 fully saturated rings. The average Bonchev–Trinajstić information content (AvgIpc) is 2.77. The standard InChI is InChI=1S/C26H40O4/c1-3-4-5-14-19-23(27)20-15-9-7-6-8-10-16-21-24(26(29)30-2)25(28)22-17-12-11-13-18-22/h9,11-13,15,17-18,23-24,27H,3-8,10,14,16,19-21H2,1-2H3/b15-9-/t23-,24?/m1/s1. The summed E-state index contributed by atoms with van der Waals surface area (Å²) in [7, 11) is 1.34. The molecule has 30 heavy (non-hydrogen) atoms. The topological polar surface area (TPSA) is 63.6 Å². The van der Waals surface area contributed by atoms with Gasteiger partial charge in [-0.05, 0) is 32.1 Å². The van der Waals surface area contributed by atoms with Crippen molar-refractivity contribution in [2.24, 2.45) is 5.92 Å². The van der Waals surface area contributed by atoms with Crippen molar-refractivity contribution in [3.63, 3.8) is 0 Å². The molecule has 0 saturated heterocycles. The molecule has 0 saturated carbocycles. The van der Waals surface area contributed by atoms with Crippen LogP contribution in [0.25, 0.3) is 0 Å². The molecule has 4 nitrogen and oxygen atoms in total. The first kappa shape index (κ1) is 26.1. The van der Waals surface area contributed by atoms with Gasteiger partial charge in [0.25, 0.3) is 0 Å². The molecule has 0 aliphatic carbocycles. The van der Waals surface area contributed by atoms with Crippen molar-refractivity contribution in [1.29, 1.82) is 0 Å². The highest BCUT2D eigenvalue weighted by Crippen LogP contribution is 2.18. The fourth-order valence-corrected chi connectivity index (χ4v) is 3.56. The van der Waals surface area contributed by atoms with E-state index >= 15 is 0 Å². The van der Waals surface area contributed by atoms with Gasteiger partial charge in [0.1, 0.15) is 5.92 Å². The van der Waals surface area contributed by atoms with Crippen LogP contribution in [0.1, 0.15) is 94.3 Å². The van der Waals surface area contributed by atoms with Crippen LogP contribution in [0.3, 0.4) is 0 Å². The number of benzene rings is 1. The van der Waals surface area contributed by atoms with Crippen molar-refractivity contribution < 1.29 is 19.4 Å². The number of carbonyl (C=O) groups is 2. The molecule has 168 valence electrons. The number of ether oxygens (including phenoxy) is 1.